The molecule has 0 fully saturated rings. The first kappa shape index (κ1) is 11.6. The van der Waals surface area contributed by atoms with Crippen LogP contribution in [0.3, 0.4) is 0 Å². The van der Waals surface area contributed by atoms with Crippen LogP contribution in [0.25, 0.3) is 0 Å². The Morgan fingerprint density at radius 2 is 2.25 bits per heavy atom. The van der Waals surface area contributed by atoms with E-state index in [2.05, 4.69) is 31.2 Å². The number of benzene rings is 1. The maximum absolute atomic E-state index is 5.91. The van der Waals surface area contributed by atoms with Crippen molar-refractivity contribution in [2.24, 2.45) is 0 Å². The smallest absolute Gasteiger partial charge is 0.120 e. The lowest BCUT2D eigenvalue weighted by Gasteiger charge is -2.04. The Morgan fingerprint density at radius 3 is 2.94 bits per heavy atom. The fraction of sp³-hybridized carbons (Fsp3) is 0.182. The molecule has 1 aromatic heterocycles. The predicted octanol–water partition coefficient (Wildman–Crippen LogP) is 3.12. The minimum Gasteiger partial charge on any atom is -0.348 e. The van der Waals surface area contributed by atoms with Gasteiger partial charge >= 0.3 is 0 Å². The molecular formula is C11H11BrClN3. The number of nitrogens with zero attached hydrogens (tertiary/aromatic N) is 1. The van der Waals surface area contributed by atoms with E-state index in [1.165, 1.54) is 5.56 Å². The standard InChI is InChI=1S/C11H11BrClN3/c12-9-5-8(1-2-10(9)13)6-14-7-11-15-3-4-16-11/h1-5,14H,6-7H2,(H,15,16). The maximum Gasteiger partial charge on any atom is 0.120 e. The number of aromatic nitrogens is 2. The third-order valence-electron chi connectivity index (χ3n) is 2.16. The largest absolute Gasteiger partial charge is 0.348 e. The molecule has 3 nitrogen and oxygen atoms in total. The van der Waals surface area contributed by atoms with Crippen LogP contribution in [0.15, 0.2) is 35.1 Å². The highest BCUT2D eigenvalue weighted by Gasteiger charge is 1.99. The lowest BCUT2D eigenvalue weighted by molar-refractivity contribution is 0.668. The number of halogens is 2. The van der Waals surface area contributed by atoms with E-state index in [0.717, 1.165) is 28.4 Å². The molecule has 0 amide bonds. The molecule has 2 aromatic rings. The quantitative estimate of drug-likeness (QED) is 0.911. The molecule has 0 aliphatic rings. The summed E-state index contributed by atoms with van der Waals surface area (Å²) >= 11 is 9.31. The maximum atomic E-state index is 5.91. The molecule has 0 saturated carbocycles. The summed E-state index contributed by atoms with van der Waals surface area (Å²) in [5.74, 6) is 0.938. The van der Waals surface area contributed by atoms with Crippen LogP contribution in [0.4, 0.5) is 0 Å². The van der Waals surface area contributed by atoms with Crippen molar-refractivity contribution < 1.29 is 0 Å². The zero-order chi connectivity index (χ0) is 11.4. The molecule has 2 N–H and O–H groups in total. The molecule has 5 heteroatoms. The highest BCUT2D eigenvalue weighted by molar-refractivity contribution is 9.10. The summed E-state index contributed by atoms with van der Waals surface area (Å²) in [6.07, 6.45) is 3.56. The molecule has 16 heavy (non-hydrogen) atoms. The summed E-state index contributed by atoms with van der Waals surface area (Å²) in [6, 6.07) is 5.90. The molecule has 0 radical (unpaired) electrons. The summed E-state index contributed by atoms with van der Waals surface area (Å²) in [5, 5.41) is 4.02. The van der Waals surface area contributed by atoms with Gasteiger partial charge in [0, 0.05) is 23.4 Å². The Morgan fingerprint density at radius 1 is 1.38 bits per heavy atom. The van der Waals surface area contributed by atoms with Gasteiger partial charge in [0.2, 0.25) is 0 Å². The fourth-order valence-corrected chi connectivity index (χ4v) is 1.91. The highest BCUT2D eigenvalue weighted by Crippen LogP contribution is 2.23. The predicted molar refractivity (Wildman–Crippen MR) is 68.3 cm³/mol. The van der Waals surface area contributed by atoms with E-state index in [1.807, 2.05) is 24.4 Å². The highest BCUT2D eigenvalue weighted by atomic mass is 79.9. The zero-order valence-electron chi connectivity index (χ0n) is 8.50. The molecule has 0 aliphatic carbocycles. The van der Waals surface area contributed by atoms with E-state index >= 15 is 0 Å². The van der Waals surface area contributed by atoms with Crippen molar-refractivity contribution in [2.75, 3.05) is 0 Å². The van der Waals surface area contributed by atoms with Crippen molar-refractivity contribution in [2.45, 2.75) is 13.1 Å². The molecule has 0 bridgehead atoms. The summed E-state index contributed by atoms with van der Waals surface area (Å²) in [6.45, 7) is 1.52. The SMILES string of the molecule is Clc1ccc(CNCc2ncc[nH]2)cc1Br. The third-order valence-corrected chi connectivity index (χ3v) is 3.37. The van der Waals surface area contributed by atoms with Crippen LogP contribution in [0.1, 0.15) is 11.4 Å². The van der Waals surface area contributed by atoms with Gasteiger partial charge in [-0.1, -0.05) is 17.7 Å². The van der Waals surface area contributed by atoms with E-state index in [9.17, 15) is 0 Å². The van der Waals surface area contributed by atoms with Crippen LogP contribution >= 0.6 is 27.5 Å². The van der Waals surface area contributed by atoms with Crippen molar-refractivity contribution in [3.8, 4) is 0 Å². The molecule has 1 heterocycles. The van der Waals surface area contributed by atoms with Crippen molar-refractivity contribution in [1.29, 1.82) is 0 Å². The van der Waals surface area contributed by atoms with Gasteiger partial charge in [0.15, 0.2) is 0 Å². The van der Waals surface area contributed by atoms with Crippen molar-refractivity contribution in [3.63, 3.8) is 0 Å². The molecule has 1 aromatic carbocycles. The van der Waals surface area contributed by atoms with Gasteiger partial charge in [0.05, 0.1) is 11.6 Å². The molecular weight excluding hydrogens is 289 g/mol. The van der Waals surface area contributed by atoms with Gasteiger partial charge in [-0.2, -0.15) is 0 Å². The van der Waals surface area contributed by atoms with Crippen LogP contribution < -0.4 is 5.32 Å². The Labute approximate surface area is 107 Å². The average Bonchev–Trinajstić information content (AvgIpc) is 2.76. The molecule has 0 spiro atoms. The van der Waals surface area contributed by atoms with Gasteiger partial charge in [0.25, 0.3) is 0 Å². The van der Waals surface area contributed by atoms with Gasteiger partial charge in [0.1, 0.15) is 5.82 Å². The zero-order valence-corrected chi connectivity index (χ0v) is 10.8. The van der Waals surface area contributed by atoms with Crippen LogP contribution in [0.5, 0.6) is 0 Å². The molecule has 0 atom stereocenters. The second-order valence-corrected chi connectivity index (χ2v) is 4.65. The monoisotopic (exact) mass is 299 g/mol. The fourth-order valence-electron chi connectivity index (χ4n) is 1.37. The Kier molecular flexibility index (Phi) is 3.98. The molecule has 0 aliphatic heterocycles. The van der Waals surface area contributed by atoms with Gasteiger partial charge in [-0.3, -0.25) is 0 Å². The first-order valence-electron chi connectivity index (χ1n) is 4.88. The minimum atomic E-state index is 0.729. The molecule has 0 unspecified atom stereocenters. The Bertz CT molecular complexity index is 456. The molecule has 0 saturated heterocycles. The first-order chi connectivity index (χ1) is 7.75. The summed E-state index contributed by atoms with van der Waals surface area (Å²) in [4.78, 5) is 7.17. The van der Waals surface area contributed by atoms with Crippen LogP contribution in [0, 0.1) is 0 Å². The minimum absolute atomic E-state index is 0.729. The second-order valence-electron chi connectivity index (χ2n) is 3.39. The molecule has 84 valence electrons. The van der Waals surface area contributed by atoms with Crippen LogP contribution in [-0.4, -0.2) is 9.97 Å². The van der Waals surface area contributed by atoms with Gasteiger partial charge in [-0.15, -0.1) is 0 Å². The van der Waals surface area contributed by atoms with E-state index < -0.39 is 0 Å². The van der Waals surface area contributed by atoms with E-state index in [-0.39, 0.29) is 0 Å². The molecule has 2 rings (SSSR count). The third kappa shape index (κ3) is 3.07. The number of H-pyrrole nitrogens is 1. The lowest BCUT2D eigenvalue weighted by atomic mass is 10.2. The van der Waals surface area contributed by atoms with Crippen LogP contribution in [-0.2, 0) is 13.1 Å². The Balaban J connectivity index is 1.87. The van der Waals surface area contributed by atoms with E-state index in [4.69, 9.17) is 11.6 Å². The number of rotatable bonds is 4. The van der Waals surface area contributed by atoms with Crippen molar-refractivity contribution >= 4 is 27.5 Å². The number of nitrogens with one attached hydrogen (secondary N) is 2. The average molecular weight is 301 g/mol. The number of hydrogen-bond donors (Lipinski definition) is 2. The van der Waals surface area contributed by atoms with E-state index in [1.54, 1.807) is 6.20 Å². The van der Waals surface area contributed by atoms with Gasteiger partial charge in [-0.25, -0.2) is 4.98 Å². The van der Waals surface area contributed by atoms with Gasteiger partial charge in [-0.05, 0) is 33.6 Å². The van der Waals surface area contributed by atoms with E-state index in [0.29, 0.717) is 0 Å². The summed E-state index contributed by atoms with van der Waals surface area (Å²) in [5.41, 5.74) is 1.18. The second kappa shape index (κ2) is 5.48. The van der Waals surface area contributed by atoms with Gasteiger partial charge < -0.3 is 10.3 Å². The Hall–Kier alpha value is -0.840. The lowest BCUT2D eigenvalue weighted by Crippen LogP contribution is -2.13. The first-order valence-corrected chi connectivity index (χ1v) is 6.05. The number of aromatic amines is 1. The van der Waals surface area contributed by atoms with Crippen LogP contribution in [0.2, 0.25) is 5.02 Å². The summed E-state index contributed by atoms with van der Waals surface area (Å²) in [7, 11) is 0. The summed E-state index contributed by atoms with van der Waals surface area (Å²) < 4.78 is 0.923. The number of imidazole rings is 1. The number of hydrogen-bond acceptors (Lipinski definition) is 2. The van der Waals surface area contributed by atoms with Crippen molar-refractivity contribution in [3.05, 3.63) is 51.5 Å². The topological polar surface area (TPSA) is 40.7 Å². The normalized spacial score (nSPS) is 10.6. The van der Waals surface area contributed by atoms with Crippen molar-refractivity contribution in [1.82, 2.24) is 15.3 Å².